The number of hydrogen-bond donors (Lipinski definition) is 1. The molecule has 0 fully saturated rings. The quantitative estimate of drug-likeness (QED) is 0.768. The van der Waals surface area contributed by atoms with Crippen LogP contribution in [0.1, 0.15) is 38.3 Å². The number of pyridine rings is 1. The van der Waals surface area contributed by atoms with Gasteiger partial charge in [0.05, 0.1) is 0 Å². The molecule has 0 radical (unpaired) electrons. The Morgan fingerprint density at radius 2 is 2.08 bits per heavy atom. The predicted octanol–water partition coefficient (Wildman–Crippen LogP) is 2.31. The normalized spacial score (nSPS) is 15.3. The molecule has 2 unspecified atom stereocenters. The summed E-state index contributed by atoms with van der Waals surface area (Å²) in [7, 11) is 0. The topological polar surface area (TPSA) is 38.9 Å². The summed E-state index contributed by atoms with van der Waals surface area (Å²) in [5.41, 5.74) is 6.87. The van der Waals surface area contributed by atoms with Gasteiger partial charge in [0.15, 0.2) is 0 Å². The summed E-state index contributed by atoms with van der Waals surface area (Å²) in [5, 5.41) is 0. The maximum absolute atomic E-state index is 5.70. The number of nitrogens with two attached hydrogens (primary N) is 1. The van der Waals surface area contributed by atoms with Gasteiger partial charge >= 0.3 is 0 Å². The number of rotatable bonds is 4. The van der Waals surface area contributed by atoms with Gasteiger partial charge in [-0.2, -0.15) is 0 Å². The Morgan fingerprint density at radius 3 is 2.62 bits per heavy atom. The van der Waals surface area contributed by atoms with Crippen LogP contribution in [0.2, 0.25) is 0 Å². The van der Waals surface area contributed by atoms with E-state index in [0.29, 0.717) is 12.0 Å². The molecule has 0 aromatic carbocycles. The highest BCUT2D eigenvalue weighted by molar-refractivity contribution is 5.08. The molecule has 0 spiro atoms. The molecule has 1 aromatic rings. The SMILES string of the molecule is CC(N)CCC(C)c1ccccn1. The molecule has 0 amide bonds. The summed E-state index contributed by atoms with van der Waals surface area (Å²) in [6, 6.07) is 6.35. The second-order valence-electron chi connectivity index (χ2n) is 3.71. The van der Waals surface area contributed by atoms with E-state index >= 15 is 0 Å². The summed E-state index contributed by atoms with van der Waals surface area (Å²) < 4.78 is 0. The molecule has 0 bridgehead atoms. The van der Waals surface area contributed by atoms with Crippen LogP contribution in [0, 0.1) is 0 Å². The van der Waals surface area contributed by atoms with Crippen LogP contribution in [0.3, 0.4) is 0 Å². The average molecular weight is 178 g/mol. The molecule has 0 saturated heterocycles. The molecule has 13 heavy (non-hydrogen) atoms. The van der Waals surface area contributed by atoms with Crippen LogP contribution < -0.4 is 5.73 Å². The van der Waals surface area contributed by atoms with Gasteiger partial charge < -0.3 is 5.73 Å². The Hall–Kier alpha value is -0.890. The molecule has 1 aromatic heterocycles. The van der Waals surface area contributed by atoms with Crippen molar-refractivity contribution in [2.75, 3.05) is 0 Å². The summed E-state index contributed by atoms with van der Waals surface area (Å²) in [5.74, 6) is 0.521. The van der Waals surface area contributed by atoms with E-state index in [4.69, 9.17) is 5.73 Å². The van der Waals surface area contributed by atoms with Crippen LogP contribution in [-0.2, 0) is 0 Å². The first-order valence-corrected chi connectivity index (χ1v) is 4.86. The largest absolute Gasteiger partial charge is 0.328 e. The van der Waals surface area contributed by atoms with Gasteiger partial charge in [-0.1, -0.05) is 13.0 Å². The van der Waals surface area contributed by atoms with E-state index in [9.17, 15) is 0 Å². The van der Waals surface area contributed by atoms with Gasteiger partial charge in [-0.15, -0.1) is 0 Å². The van der Waals surface area contributed by atoms with Crippen molar-refractivity contribution in [3.63, 3.8) is 0 Å². The predicted molar refractivity (Wildman–Crippen MR) is 55.5 cm³/mol. The van der Waals surface area contributed by atoms with E-state index in [1.54, 1.807) is 0 Å². The van der Waals surface area contributed by atoms with E-state index in [1.165, 1.54) is 5.69 Å². The van der Waals surface area contributed by atoms with Gasteiger partial charge in [0.1, 0.15) is 0 Å². The minimum Gasteiger partial charge on any atom is -0.328 e. The number of nitrogens with zero attached hydrogens (tertiary/aromatic N) is 1. The van der Waals surface area contributed by atoms with Crippen LogP contribution in [0.25, 0.3) is 0 Å². The zero-order chi connectivity index (χ0) is 9.68. The molecule has 2 atom stereocenters. The van der Waals surface area contributed by atoms with Gasteiger partial charge in [-0.3, -0.25) is 4.98 Å². The standard InChI is InChI=1S/C11H18N2/c1-9(6-7-10(2)12)11-5-3-4-8-13-11/h3-5,8-10H,6-7,12H2,1-2H3. The van der Waals surface area contributed by atoms with Crippen molar-refractivity contribution in [2.24, 2.45) is 5.73 Å². The number of hydrogen-bond acceptors (Lipinski definition) is 2. The lowest BCUT2D eigenvalue weighted by Gasteiger charge is -2.11. The van der Waals surface area contributed by atoms with Gasteiger partial charge in [0.25, 0.3) is 0 Å². The smallest absolute Gasteiger partial charge is 0.0431 e. The summed E-state index contributed by atoms with van der Waals surface area (Å²) in [6.45, 7) is 4.25. The first-order chi connectivity index (χ1) is 6.20. The second kappa shape index (κ2) is 4.97. The lowest BCUT2D eigenvalue weighted by molar-refractivity contribution is 0.561. The highest BCUT2D eigenvalue weighted by Gasteiger charge is 2.06. The molecule has 2 N–H and O–H groups in total. The average Bonchev–Trinajstić information content (AvgIpc) is 2.15. The van der Waals surface area contributed by atoms with E-state index in [-0.39, 0.29) is 0 Å². The van der Waals surface area contributed by atoms with E-state index in [2.05, 4.69) is 18.0 Å². The Balaban J connectivity index is 2.44. The zero-order valence-electron chi connectivity index (χ0n) is 8.40. The monoisotopic (exact) mass is 178 g/mol. The molecule has 1 rings (SSSR count). The fourth-order valence-electron chi connectivity index (χ4n) is 1.33. The lowest BCUT2D eigenvalue weighted by Crippen LogP contribution is -2.15. The molecular formula is C11H18N2. The Morgan fingerprint density at radius 1 is 1.31 bits per heavy atom. The minimum absolute atomic E-state index is 0.297. The third kappa shape index (κ3) is 3.55. The summed E-state index contributed by atoms with van der Waals surface area (Å²) in [6.07, 6.45) is 4.03. The molecule has 2 heteroatoms. The van der Waals surface area contributed by atoms with E-state index in [1.807, 2.05) is 25.3 Å². The van der Waals surface area contributed by atoms with Crippen LogP contribution >= 0.6 is 0 Å². The molecule has 0 aliphatic carbocycles. The lowest BCUT2D eigenvalue weighted by atomic mass is 9.99. The van der Waals surface area contributed by atoms with Crippen molar-refractivity contribution >= 4 is 0 Å². The van der Waals surface area contributed by atoms with Crippen LogP contribution in [-0.4, -0.2) is 11.0 Å². The first-order valence-electron chi connectivity index (χ1n) is 4.86. The molecule has 1 heterocycles. The van der Waals surface area contributed by atoms with Gasteiger partial charge in [0.2, 0.25) is 0 Å². The number of aromatic nitrogens is 1. The second-order valence-corrected chi connectivity index (χ2v) is 3.71. The highest BCUT2D eigenvalue weighted by atomic mass is 14.7. The van der Waals surface area contributed by atoms with Gasteiger partial charge in [-0.05, 0) is 37.8 Å². The zero-order valence-corrected chi connectivity index (χ0v) is 8.40. The maximum atomic E-state index is 5.70. The van der Waals surface area contributed by atoms with Gasteiger partial charge in [0, 0.05) is 17.9 Å². The summed E-state index contributed by atoms with van der Waals surface area (Å²) in [4.78, 5) is 4.32. The molecule has 0 aliphatic rings. The first kappa shape index (κ1) is 10.2. The molecule has 0 saturated carbocycles. The third-order valence-electron chi connectivity index (χ3n) is 2.25. The van der Waals surface area contributed by atoms with Crippen molar-refractivity contribution in [1.82, 2.24) is 4.98 Å². The Kier molecular flexibility index (Phi) is 3.90. The van der Waals surface area contributed by atoms with Crippen molar-refractivity contribution < 1.29 is 0 Å². The van der Waals surface area contributed by atoms with Crippen molar-refractivity contribution in [2.45, 2.75) is 38.6 Å². The Bertz CT molecular complexity index is 231. The Labute approximate surface area is 80.2 Å². The minimum atomic E-state index is 0.297. The molecule has 0 aliphatic heterocycles. The third-order valence-corrected chi connectivity index (χ3v) is 2.25. The fourth-order valence-corrected chi connectivity index (χ4v) is 1.33. The maximum Gasteiger partial charge on any atom is 0.0431 e. The van der Waals surface area contributed by atoms with Crippen molar-refractivity contribution in [1.29, 1.82) is 0 Å². The van der Waals surface area contributed by atoms with Crippen molar-refractivity contribution in [3.8, 4) is 0 Å². The molecular weight excluding hydrogens is 160 g/mol. The van der Waals surface area contributed by atoms with Crippen molar-refractivity contribution in [3.05, 3.63) is 30.1 Å². The van der Waals surface area contributed by atoms with Crippen LogP contribution in [0.4, 0.5) is 0 Å². The molecule has 2 nitrogen and oxygen atoms in total. The highest BCUT2D eigenvalue weighted by Crippen LogP contribution is 2.18. The summed E-state index contributed by atoms with van der Waals surface area (Å²) >= 11 is 0. The van der Waals surface area contributed by atoms with Crippen LogP contribution in [0.15, 0.2) is 24.4 Å². The van der Waals surface area contributed by atoms with E-state index in [0.717, 1.165) is 12.8 Å². The van der Waals surface area contributed by atoms with Gasteiger partial charge in [-0.25, -0.2) is 0 Å². The fraction of sp³-hybridized carbons (Fsp3) is 0.545. The van der Waals surface area contributed by atoms with Crippen LogP contribution in [0.5, 0.6) is 0 Å². The van der Waals surface area contributed by atoms with E-state index < -0.39 is 0 Å². The molecule has 72 valence electrons.